The maximum Gasteiger partial charge on any atom is 0.319 e. The highest BCUT2D eigenvalue weighted by atomic mass is 32.2. The highest BCUT2D eigenvalue weighted by Gasteiger charge is 2.14. The predicted molar refractivity (Wildman–Crippen MR) is 142 cm³/mol. The second-order valence-corrected chi connectivity index (χ2v) is 9.90. The summed E-state index contributed by atoms with van der Waals surface area (Å²) in [7, 11) is 0. The highest BCUT2D eigenvalue weighted by molar-refractivity contribution is 7.99. The Morgan fingerprint density at radius 1 is 1.11 bits per heavy atom. The number of ether oxygens (including phenoxy) is 1. The molecule has 0 atom stereocenters. The van der Waals surface area contributed by atoms with Crippen LogP contribution in [0.3, 0.4) is 0 Å². The molecule has 0 spiro atoms. The van der Waals surface area contributed by atoms with Crippen molar-refractivity contribution in [3.63, 3.8) is 0 Å². The Morgan fingerprint density at radius 2 is 1.89 bits per heavy atom. The molecule has 3 heterocycles. The average molecular weight is 496 g/mol. The summed E-state index contributed by atoms with van der Waals surface area (Å²) in [6.45, 7) is 5.82. The summed E-state index contributed by atoms with van der Waals surface area (Å²) < 4.78 is 5.39. The van der Waals surface area contributed by atoms with Crippen LogP contribution in [0.25, 0.3) is 6.08 Å². The number of carbonyl (C=O) groups excluding carboxylic acids is 2. The summed E-state index contributed by atoms with van der Waals surface area (Å²) in [6.07, 6.45) is 5.64. The molecule has 1 aromatic heterocycles. The van der Waals surface area contributed by atoms with E-state index in [1.165, 1.54) is 18.9 Å². The van der Waals surface area contributed by atoms with Crippen molar-refractivity contribution in [2.75, 3.05) is 61.9 Å². The minimum Gasteiger partial charge on any atom is -0.378 e. The normalized spacial score (nSPS) is 16.9. The number of hydrogen-bond donors (Lipinski definition) is 3. The van der Waals surface area contributed by atoms with Gasteiger partial charge in [-0.1, -0.05) is 6.07 Å². The number of pyridine rings is 1. The first-order chi connectivity index (χ1) is 17.2. The van der Waals surface area contributed by atoms with Crippen molar-refractivity contribution in [1.82, 2.24) is 15.6 Å². The number of ketones is 1. The number of carbonyl (C=O) groups is 2. The van der Waals surface area contributed by atoms with Crippen LogP contribution in [0.4, 0.5) is 16.3 Å². The van der Waals surface area contributed by atoms with Crippen molar-refractivity contribution in [2.45, 2.75) is 18.1 Å². The second-order valence-electron chi connectivity index (χ2n) is 8.50. The highest BCUT2D eigenvalue weighted by Crippen LogP contribution is 2.19. The first kappa shape index (κ1) is 25.2. The van der Waals surface area contributed by atoms with E-state index in [9.17, 15) is 9.59 Å². The maximum atomic E-state index is 12.6. The summed E-state index contributed by atoms with van der Waals surface area (Å²) in [4.78, 5) is 31.6. The smallest absolute Gasteiger partial charge is 0.319 e. The molecule has 2 aromatic rings. The SMILES string of the molecule is O=C(NCCSC1CCNCC1)Nc1ccc(C(=O)/C=C/c2cccc(N3CCOCC3)n2)cc1. The lowest BCUT2D eigenvalue weighted by Gasteiger charge is -2.27. The van der Waals surface area contributed by atoms with E-state index in [1.807, 2.05) is 30.0 Å². The lowest BCUT2D eigenvalue weighted by atomic mass is 10.1. The van der Waals surface area contributed by atoms with Crippen LogP contribution in [0.15, 0.2) is 48.5 Å². The van der Waals surface area contributed by atoms with E-state index in [2.05, 4.69) is 25.8 Å². The fraction of sp³-hybridized carbons (Fsp3) is 0.423. The van der Waals surface area contributed by atoms with E-state index in [4.69, 9.17) is 4.74 Å². The minimum absolute atomic E-state index is 0.116. The topological polar surface area (TPSA) is 95.6 Å². The summed E-state index contributed by atoms with van der Waals surface area (Å²) in [5.41, 5.74) is 1.93. The molecular formula is C26H33N5O3S. The standard InChI is InChI=1S/C26H33N5O3S/c32-24(9-8-21-2-1-3-25(29-21)31-15-17-34-18-16-31)20-4-6-22(7-5-20)30-26(33)28-14-19-35-23-10-12-27-13-11-23/h1-9,23,27H,10-19H2,(H2,28,30,33)/b9-8+. The molecule has 0 saturated carbocycles. The average Bonchev–Trinajstić information content (AvgIpc) is 2.91. The number of benzene rings is 1. The van der Waals surface area contributed by atoms with Crippen LogP contribution >= 0.6 is 11.8 Å². The molecule has 2 aliphatic rings. The fourth-order valence-electron chi connectivity index (χ4n) is 4.00. The van der Waals surface area contributed by atoms with Gasteiger partial charge in [0.2, 0.25) is 0 Å². The molecule has 2 fully saturated rings. The molecule has 4 rings (SSSR count). The zero-order chi connectivity index (χ0) is 24.3. The second kappa shape index (κ2) is 13.3. The van der Waals surface area contributed by atoms with Gasteiger partial charge in [0.1, 0.15) is 5.82 Å². The molecular weight excluding hydrogens is 462 g/mol. The van der Waals surface area contributed by atoms with Gasteiger partial charge in [0, 0.05) is 41.9 Å². The Morgan fingerprint density at radius 3 is 2.66 bits per heavy atom. The molecule has 3 N–H and O–H groups in total. The molecule has 0 bridgehead atoms. The van der Waals surface area contributed by atoms with Crippen molar-refractivity contribution < 1.29 is 14.3 Å². The quantitative estimate of drug-likeness (QED) is 0.279. The van der Waals surface area contributed by atoms with Gasteiger partial charge >= 0.3 is 6.03 Å². The first-order valence-corrected chi connectivity index (χ1v) is 13.2. The molecule has 8 nitrogen and oxygen atoms in total. The number of piperidine rings is 1. The first-order valence-electron chi connectivity index (χ1n) is 12.2. The molecule has 0 unspecified atom stereocenters. The van der Waals surface area contributed by atoms with Gasteiger partial charge in [0.05, 0.1) is 18.9 Å². The van der Waals surface area contributed by atoms with Crippen LogP contribution in [0.2, 0.25) is 0 Å². The summed E-state index contributed by atoms with van der Waals surface area (Å²) in [6, 6.07) is 12.5. The Balaban J connectivity index is 1.21. The largest absolute Gasteiger partial charge is 0.378 e. The number of allylic oxidation sites excluding steroid dienone is 1. The maximum absolute atomic E-state index is 12.6. The van der Waals surface area contributed by atoms with Crippen molar-refractivity contribution in [3.8, 4) is 0 Å². The molecule has 186 valence electrons. The number of urea groups is 1. The van der Waals surface area contributed by atoms with E-state index in [1.54, 1.807) is 30.3 Å². The molecule has 9 heteroatoms. The third-order valence-corrected chi connectivity index (χ3v) is 7.33. The van der Waals surface area contributed by atoms with E-state index in [0.29, 0.717) is 36.3 Å². The third kappa shape index (κ3) is 8.09. The number of nitrogens with one attached hydrogen (secondary N) is 3. The Kier molecular flexibility index (Phi) is 9.56. The molecule has 0 aliphatic carbocycles. The van der Waals surface area contributed by atoms with Gasteiger partial charge in [0.25, 0.3) is 0 Å². The number of thioether (sulfide) groups is 1. The molecule has 35 heavy (non-hydrogen) atoms. The van der Waals surface area contributed by atoms with Crippen LogP contribution in [-0.4, -0.2) is 73.7 Å². The monoisotopic (exact) mass is 495 g/mol. The van der Waals surface area contributed by atoms with Gasteiger partial charge in [0.15, 0.2) is 5.78 Å². The predicted octanol–water partition coefficient (Wildman–Crippen LogP) is 3.42. The van der Waals surface area contributed by atoms with Gasteiger partial charge < -0.3 is 25.6 Å². The van der Waals surface area contributed by atoms with Crippen LogP contribution in [-0.2, 0) is 4.74 Å². The molecule has 2 saturated heterocycles. The van der Waals surface area contributed by atoms with Crippen LogP contribution in [0, 0.1) is 0 Å². The minimum atomic E-state index is -0.235. The van der Waals surface area contributed by atoms with E-state index >= 15 is 0 Å². The van der Waals surface area contributed by atoms with Crippen molar-refractivity contribution in [2.24, 2.45) is 0 Å². The Hall–Kier alpha value is -2.88. The molecule has 1 aromatic carbocycles. The summed E-state index contributed by atoms with van der Waals surface area (Å²) >= 11 is 1.92. The number of anilines is 2. The fourth-order valence-corrected chi connectivity index (χ4v) is 5.13. The van der Waals surface area contributed by atoms with E-state index in [0.717, 1.165) is 43.4 Å². The summed E-state index contributed by atoms with van der Waals surface area (Å²) in [5.74, 6) is 1.68. The van der Waals surface area contributed by atoms with Crippen molar-refractivity contribution in [1.29, 1.82) is 0 Å². The number of hydrogen-bond acceptors (Lipinski definition) is 7. The molecule has 0 radical (unpaired) electrons. The number of aromatic nitrogens is 1. The zero-order valence-electron chi connectivity index (χ0n) is 19.9. The number of morpholine rings is 1. The van der Waals surface area contributed by atoms with Gasteiger partial charge in [-0.25, -0.2) is 9.78 Å². The van der Waals surface area contributed by atoms with Crippen molar-refractivity contribution >= 4 is 41.2 Å². The third-order valence-electron chi connectivity index (χ3n) is 5.95. The molecule has 2 amide bonds. The van der Waals surface area contributed by atoms with Crippen molar-refractivity contribution in [3.05, 3.63) is 59.8 Å². The lowest BCUT2D eigenvalue weighted by molar-refractivity contribution is 0.104. The Labute approximate surface area is 210 Å². The van der Waals surface area contributed by atoms with E-state index < -0.39 is 0 Å². The van der Waals surface area contributed by atoms with E-state index in [-0.39, 0.29) is 11.8 Å². The Bertz CT molecular complexity index is 1000. The van der Waals surface area contributed by atoms with Crippen LogP contribution < -0.4 is 20.9 Å². The van der Waals surface area contributed by atoms with Crippen LogP contribution in [0.1, 0.15) is 28.9 Å². The van der Waals surface area contributed by atoms with Gasteiger partial charge in [-0.3, -0.25) is 4.79 Å². The van der Waals surface area contributed by atoms with Gasteiger partial charge in [-0.15, -0.1) is 0 Å². The van der Waals surface area contributed by atoms with Crippen LogP contribution in [0.5, 0.6) is 0 Å². The number of amides is 2. The number of nitrogens with zero attached hydrogens (tertiary/aromatic N) is 2. The zero-order valence-corrected chi connectivity index (χ0v) is 20.7. The molecule has 2 aliphatic heterocycles. The summed E-state index contributed by atoms with van der Waals surface area (Å²) in [5, 5.41) is 9.76. The lowest BCUT2D eigenvalue weighted by Crippen LogP contribution is -2.36. The number of rotatable bonds is 9. The van der Waals surface area contributed by atoms with Gasteiger partial charge in [-0.2, -0.15) is 11.8 Å². The van der Waals surface area contributed by atoms with Gasteiger partial charge in [-0.05, 0) is 74.5 Å².